The molecule has 0 radical (unpaired) electrons. The number of amides is 3. The smallest absolute Gasteiger partial charge is 0.355 e. The first kappa shape index (κ1) is 48.0. The van der Waals surface area contributed by atoms with E-state index in [4.69, 9.17) is 4.74 Å². The Morgan fingerprint density at radius 3 is 2.57 bits per heavy atom. The number of nitrogens with zero attached hydrogens (tertiary/aromatic N) is 6. The van der Waals surface area contributed by atoms with Crippen molar-refractivity contribution in [2.75, 3.05) is 54.9 Å². The van der Waals surface area contributed by atoms with E-state index in [1.54, 1.807) is 37.4 Å². The van der Waals surface area contributed by atoms with Crippen molar-refractivity contribution in [1.29, 1.82) is 0 Å². The van der Waals surface area contributed by atoms with E-state index in [0.29, 0.717) is 78.5 Å². The topological polar surface area (TPSA) is 201 Å². The van der Waals surface area contributed by atoms with E-state index in [-0.39, 0.29) is 71.2 Å². The maximum atomic E-state index is 15.8. The van der Waals surface area contributed by atoms with Crippen LogP contribution in [-0.2, 0) is 34.4 Å². The number of likely N-dealkylation sites (tertiary alicyclic amines) is 1. The average Bonchev–Trinajstić information content (AvgIpc) is 3.96. The van der Waals surface area contributed by atoms with Gasteiger partial charge in [0, 0.05) is 60.7 Å². The van der Waals surface area contributed by atoms with E-state index in [9.17, 15) is 29.1 Å². The molecular weight excluding hydrogens is 945 g/mol. The Morgan fingerprint density at radius 1 is 0.958 bits per heavy atom. The fourth-order valence-electron chi connectivity index (χ4n) is 10.2. The fourth-order valence-corrected chi connectivity index (χ4v) is 11.0. The summed E-state index contributed by atoms with van der Waals surface area (Å²) in [7, 11) is 1.58. The molecule has 2 saturated heterocycles. The van der Waals surface area contributed by atoms with Crippen LogP contribution in [0.25, 0.3) is 32.2 Å². The molecule has 6 heterocycles. The number of benzene rings is 4. The third-order valence-corrected chi connectivity index (χ3v) is 14.9. The number of aryl methyl sites for hydroxylation is 1. The number of pyridine rings is 1. The van der Waals surface area contributed by atoms with Crippen LogP contribution >= 0.6 is 11.3 Å². The summed E-state index contributed by atoms with van der Waals surface area (Å²) in [6.45, 7) is 2.94. The van der Waals surface area contributed by atoms with Crippen LogP contribution in [0.2, 0.25) is 0 Å². The van der Waals surface area contributed by atoms with Gasteiger partial charge in [-0.3, -0.25) is 29.3 Å². The number of nitrogens with one attached hydrogen (secondary N) is 3. The summed E-state index contributed by atoms with van der Waals surface area (Å²) < 4.78 is 39.8. The van der Waals surface area contributed by atoms with Gasteiger partial charge < -0.3 is 30.2 Å². The number of fused-ring (bicyclic) bond motifs is 3. The van der Waals surface area contributed by atoms with Gasteiger partial charge in [0.05, 0.1) is 40.7 Å². The number of halogens is 2. The number of carboxylic acid groups (broad SMARTS) is 1. The zero-order chi connectivity index (χ0) is 50.0. The van der Waals surface area contributed by atoms with Crippen molar-refractivity contribution in [2.45, 2.75) is 51.0 Å². The number of hydrogen-bond acceptors (Lipinski definition) is 12. The molecule has 3 aliphatic rings. The Morgan fingerprint density at radius 2 is 1.78 bits per heavy atom. The number of aromatic carboxylic acids is 1. The van der Waals surface area contributed by atoms with Crippen molar-refractivity contribution in [1.82, 2.24) is 30.0 Å². The number of carbonyl (C=O) groups excluding carboxylic acids is 4. The van der Waals surface area contributed by atoms with Crippen molar-refractivity contribution in [2.24, 2.45) is 18.9 Å². The summed E-state index contributed by atoms with van der Waals surface area (Å²) in [4.78, 5) is 76.4. The van der Waals surface area contributed by atoms with Crippen LogP contribution < -0.4 is 25.6 Å². The lowest BCUT2D eigenvalue weighted by atomic mass is 9.87. The van der Waals surface area contributed by atoms with Crippen molar-refractivity contribution in [3.8, 4) is 16.9 Å². The average molecular weight is 996 g/mol. The zero-order valence-electron chi connectivity index (χ0n) is 39.3. The van der Waals surface area contributed by atoms with Crippen LogP contribution in [0, 0.1) is 23.5 Å². The van der Waals surface area contributed by atoms with Gasteiger partial charge >= 0.3 is 5.97 Å². The molecule has 2 unspecified atom stereocenters. The first-order valence-electron chi connectivity index (χ1n) is 24.0. The van der Waals surface area contributed by atoms with Crippen LogP contribution in [0.4, 0.5) is 25.4 Å². The van der Waals surface area contributed by atoms with Crippen molar-refractivity contribution in [3.05, 3.63) is 125 Å². The number of piperidine rings is 2. The van der Waals surface area contributed by atoms with Crippen LogP contribution in [0.5, 0.6) is 5.75 Å². The lowest BCUT2D eigenvalue weighted by Gasteiger charge is -2.31. The van der Waals surface area contributed by atoms with Gasteiger partial charge in [-0.25, -0.2) is 23.5 Å². The highest BCUT2D eigenvalue weighted by atomic mass is 32.1. The van der Waals surface area contributed by atoms with Crippen LogP contribution in [-0.4, -0.2) is 99.1 Å². The summed E-state index contributed by atoms with van der Waals surface area (Å²) in [6, 6.07) is 24.0. The minimum absolute atomic E-state index is 0.0171. The van der Waals surface area contributed by atoms with Gasteiger partial charge in [-0.05, 0) is 123 Å². The monoisotopic (exact) mass is 995 g/mol. The molecule has 10 rings (SSSR count). The summed E-state index contributed by atoms with van der Waals surface area (Å²) in [6.07, 6.45) is 5.03. The number of thiazole rings is 1. The molecule has 2 atom stereocenters. The molecule has 16 nitrogen and oxygen atoms in total. The fraction of sp³-hybridized carbons (Fsp3) is 0.321. The third-order valence-electron chi connectivity index (χ3n) is 13.9. The molecule has 4 N–H and O–H groups in total. The number of anilines is 3. The molecule has 7 aromatic rings. The third kappa shape index (κ3) is 9.98. The molecule has 0 aliphatic carbocycles. The first-order valence-corrected chi connectivity index (χ1v) is 24.8. The number of rotatable bonds is 15. The molecule has 370 valence electrons. The minimum atomic E-state index is -1.30. The Bertz CT molecular complexity index is 3230. The van der Waals surface area contributed by atoms with Crippen molar-refractivity contribution in [3.63, 3.8) is 0 Å². The SMILES string of the molecule is Cn1nc(C2CC(C=O)CNC2=O)c2ccc(NC(=O)CN3CCC(CCCOc4ccc(-c5ccc(N6CCc7cccc(C(=O)Nc8nc9ccccc9s8)c7C6)nc5C(=O)O)c(F)c4)CC3)c(F)c21. The molecular formula is C53H51F2N9O7S. The molecule has 19 heteroatoms. The van der Waals surface area contributed by atoms with Gasteiger partial charge in [-0.2, -0.15) is 5.10 Å². The summed E-state index contributed by atoms with van der Waals surface area (Å²) in [5, 5.41) is 24.0. The number of hydrogen-bond donors (Lipinski definition) is 4. The highest BCUT2D eigenvalue weighted by Gasteiger charge is 2.34. The number of para-hydroxylation sites is 1. The second kappa shape index (κ2) is 20.6. The number of aldehydes is 1. The molecule has 3 aromatic heterocycles. The van der Waals surface area contributed by atoms with E-state index in [1.165, 1.54) is 34.2 Å². The molecule has 3 aliphatic heterocycles. The molecule has 0 saturated carbocycles. The van der Waals surface area contributed by atoms with Crippen LogP contribution in [0.3, 0.4) is 0 Å². The quantitative estimate of drug-likeness (QED) is 0.0571. The Kier molecular flexibility index (Phi) is 13.7. The Hall–Kier alpha value is -7.64. The largest absolute Gasteiger partial charge is 0.493 e. The lowest BCUT2D eigenvalue weighted by Crippen LogP contribution is -2.41. The Labute approximate surface area is 416 Å². The molecule has 4 aromatic carbocycles. The molecule has 72 heavy (non-hydrogen) atoms. The van der Waals surface area contributed by atoms with Gasteiger partial charge in [-0.15, -0.1) is 0 Å². The standard InChI is InChI=1S/C53H51F2N9O7S/c1-62-49-37(47(61-62)38-24-31(29-65)26-56-50(38)67)13-15-42(46(49)55)57-45(66)28-63-20-17-30(18-21-63)6-5-23-71-33-11-12-34(40(54)25-33)35-14-16-44(59-48(35)52(69)70)64-22-19-32-7-4-8-36(39(32)27-64)51(68)60-53-58-41-9-2-3-10-43(41)72-53/h2-4,7-16,25,29-31,38H,5-6,17-24,26-28H2,1H3,(H,56,67)(H,57,66)(H,69,70)(H,58,60,68). The zero-order valence-corrected chi connectivity index (χ0v) is 40.1. The van der Waals surface area contributed by atoms with Crippen molar-refractivity contribution < 1.29 is 42.6 Å². The predicted octanol–water partition coefficient (Wildman–Crippen LogP) is 7.96. The van der Waals surface area contributed by atoms with E-state index in [0.717, 1.165) is 53.3 Å². The number of carbonyl (C=O) groups is 5. The number of ether oxygens (including phenoxy) is 1. The van der Waals surface area contributed by atoms with Gasteiger partial charge in [0.1, 0.15) is 29.2 Å². The molecule has 0 spiro atoms. The number of aromatic nitrogens is 4. The highest BCUT2D eigenvalue weighted by Crippen LogP contribution is 2.36. The van der Waals surface area contributed by atoms with Crippen LogP contribution in [0.15, 0.2) is 84.9 Å². The Balaban J connectivity index is 0.696. The van der Waals surface area contributed by atoms with Gasteiger partial charge in [0.2, 0.25) is 11.8 Å². The van der Waals surface area contributed by atoms with Crippen molar-refractivity contribution >= 4 is 79.1 Å². The highest BCUT2D eigenvalue weighted by molar-refractivity contribution is 7.22. The first-order chi connectivity index (χ1) is 34.9. The molecule has 0 bridgehead atoms. The van der Waals surface area contributed by atoms with Gasteiger partial charge in [-0.1, -0.05) is 35.6 Å². The summed E-state index contributed by atoms with van der Waals surface area (Å²) in [5.41, 5.74) is 3.60. The van der Waals surface area contributed by atoms with Crippen LogP contribution in [0.1, 0.15) is 75.7 Å². The van der Waals surface area contributed by atoms with E-state index in [2.05, 4.69) is 31.0 Å². The van der Waals surface area contributed by atoms with Gasteiger partial charge in [0.25, 0.3) is 5.91 Å². The maximum Gasteiger partial charge on any atom is 0.355 e. The normalized spacial score (nSPS) is 17.4. The second-order valence-corrected chi connectivity index (χ2v) is 19.6. The molecule has 3 amide bonds. The predicted molar refractivity (Wildman–Crippen MR) is 268 cm³/mol. The number of carboxylic acids is 1. The van der Waals surface area contributed by atoms with Gasteiger partial charge in [0.15, 0.2) is 16.6 Å². The van der Waals surface area contributed by atoms with E-state index < -0.39 is 23.5 Å². The van der Waals surface area contributed by atoms with E-state index >= 15 is 8.78 Å². The summed E-state index contributed by atoms with van der Waals surface area (Å²) >= 11 is 1.39. The molecule has 2 fully saturated rings. The lowest BCUT2D eigenvalue weighted by molar-refractivity contribution is -0.126. The second-order valence-electron chi connectivity index (χ2n) is 18.6. The minimum Gasteiger partial charge on any atom is -0.493 e. The summed E-state index contributed by atoms with van der Waals surface area (Å²) in [5.74, 6) is -3.42. The van der Waals surface area contributed by atoms with E-state index in [1.807, 2.05) is 46.2 Å². The maximum absolute atomic E-state index is 15.8.